The molecule has 0 saturated carbocycles. The predicted molar refractivity (Wildman–Crippen MR) is 68.5 cm³/mol. The van der Waals surface area contributed by atoms with Crippen molar-refractivity contribution in [1.29, 1.82) is 5.26 Å². The molecule has 1 aromatic heterocycles. The number of aromatic nitrogens is 2. The van der Waals surface area contributed by atoms with Crippen molar-refractivity contribution in [3.8, 4) is 11.8 Å². The van der Waals surface area contributed by atoms with Crippen molar-refractivity contribution in [2.75, 3.05) is 0 Å². The van der Waals surface area contributed by atoms with E-state index in [0.717, 1.165) is 11.3 Å². The van der Waals surface area contributed by atoms with Gasteiger partial charge in [-0.05, 0) is 31.5 Å². The summed E-state index contributed by atoms with van der Waals surface area (Å²) in [6, 6.07) is 9.08. The van der Waals surface area contributed by atoms with Crippen LogP contribution in [0.3, 0.4) is 0 Å². The van der Waals surface area contributed by atoms with E-state index in [1.807, 2.05) is 19.9 Å². The lowest BCUT2D eigenvalue weighted by molar-refractivity contribution is 0.462. The van der Waals surface area contributed by atoms with Gasteiger partial charge in [0.1, 0.15) is 16.8 Å². The molecule has 0 amide bonds. The van der Waals surface area contributed by atoms with Gasteiger partial charge in [-0.2, -0.15) is 10.4 Å². The van der Waals surface area contributed by atoms with Gasteiger partial charge in [-0.3, -0.25) is 0 Å². The zero-order chi connectivity index (χ0) is 13.1. The molecule has 90 valence electrons. The highest BCUT2D eigenvalue weighted by Crippen LogP contribution is 2.35. The second kappa shape index (κ2) is 5.07. The third-order valence-corrected chi connectivity index (χ3v) is 3.65. The van der Waals surface area contributed by atoms with Gasteiger partial charge >= 0.3 is 0 Å². The molecule has 2 aromatic rings. The van der Waals surface area contributed by atoms with Crippen molar-refractivity contribution < 1.29 is 5.11 Å². The van der Waals surface area contributed by atoms with Crippen LogP contribution in [0.2, 0.25) is 0 Å². The van der Waals surface area contributed by atoms with Gasteiger partial charge in [-0.1, -0.05) is 23.9 Å². The lowest BCUT2D eigenvalue weighted by Gasteiger charge is -2.07. The molecule has 5 heteroatoms. The first kappa shape index (κ1) is 12.4. The van der Waals surface area contributed by atoms with E-state index in [1.165, 1.54) is 11.8 Å². The van der Waals surface area contributed by atoms with E-state index in [4.69, 9.17) is 0 Å². The molecule has 0 aliphatic rings. The van der Waals surface area contributed by atoms with Crippen LogP contribution in [0, 0.1) is 25.2 Å². The molecule has 0 spiro atoms. The molecule has 4 nitrogen and oxygen atoms in total. The maximum absolute atomic E-state index is 9.71. The largest absolute Gasteiger partial charge is 0.507 e. The number of phenolic OH excluding ortho intramolecular Hbond substituents is 1. The van der Waals surface area contributed by atoms with Crippen LogP contribution in [0.15, 0.2) is 34.2 Å². The summed E-state index contributed by atoms with van der Waals surface area (Å²) in [5.41, 5.74) is 2.08. The first-order valence-electron chi connectivity index (χ1n) is 5.33. The maximum atomic E-state index is 9.71. The number of aromatic hydroxyl groups is 1. The number of benzene rings is 1. The van der Waals surface area contributed by atoms with Crippen molar-refractivity contribution in [3.63, 3.8) is 0 Å². The van der Waals surface area contributed by atoms with Gasteiger partial charge in [0.15, 0.2) is 0 Å². The van der Waals surface area contributed by atoms with Crippen molar-refractivity contribution >= 4 is 11.8 Å². The van der Waals surface area contributed by atoms with Crippen LogP contribution in [0.4, 0.5) is 0 Å². The summed E-state index contributed by atoms with van der Waals surface area (Å²) in [5, 5.41) is 27.4. The molecule has 0 bridgehead atoms. The molecule has 1 heterocycles. The Labute approximate surface area is 109 Å². The van der Waals surface area contributed by atoms with Crippen LogP contribution in [-0.2, 0) is 0 Å². The summed E-state index contributed by atoms with van der Waals surface area (Å²) in [6.07, 6.45) is 0. The minimum absolute atomic E-state index is 0.173. The topological polar surface area (TPSA) is 69.8 Å². The monoisotopic (exact) mass is 257 g/mol. The van der Waals surface area contributed by atoms with E-state index >= 15 is 0 Å². The smallest absolute Gasteiger partial charge is 0.142 e. The lowest BCUT2D eigenvalue weighted by atomic mass is 10.1. The summed E-state index contributed by atoms with van der Waals surface area (Å²) in [4.78, 5) is 0.659. The zero-order valence-electron chi connectivity index (χ0n) is 10.0. The Balaban J connectivity index is 2.45. The van der Waals surface area contributed by atoms with Crippen LogP contribution in [0.1, 0.15) is 16.8 Å². The number of aryl methyl sites for hydroxylation is 1. The van der Waals surface area contributed by atoms with Crippen LogP contribution >= 0.6 is 11.8 Å². The molecule has 2 rings (SSSR count). The molecule has 0 saturated heterocycles. The zero-order valence-corrected chi connectivity index (χ0v) is 10.8. The van der Waals surface area contributed by atoms with Crippen molar-refractivity contribution in [2.24, 2.45) is 0 Å². The lowest BCUT2D eigenvalue weighted by Crippen LogP contribution is -1.98. The standard InChI is InChI=1S/C13H11N3OS/c1-8-9(2)15-16-13(10(8)7-14)18-12-6-4-3-5-11(12)17/h3-6,17H,1-2H3. The predicted octanol–water partition coefficient (Wildman–Crippen LogP) is 2.82. The van der Waals surface area contributed by atoms with E-state index < -0.39 is 0 Å². The summed E-state index contributed by atoms with van der Waals surface area (Å²) in [7, 11) is 0. The molecule has 0 radical (unpaired) electrons. The van der Waals surface area contributed by atoms with Crippen molar-refractivity contribution in [1.82, 2.24) is 10.2 Å². The minimum Gasteiger partial charge on any atom is -0.507 e. The van der Waals surface area contributed by atoms with Gasteiger partial charge in [-0.15, -0.1) is 5.10 Å². The molecule has 0 unspecified atom stereocenters. The quantitative estimate of drug-likeness (QED) is 0.895. The summed E-state index contributed by atoms with van der Waals surface area (Å²) < 4.78 is 0. The van der Waals surface area contributed by atoms with Gasteiger partial charge in [-0.25, -0.2) is 0 Å². The third kappa shape index (κ3) is 2.29. The first-order valence-corrected chi connectivity index (χ1v) is 6.15. The minimum atomic E-state index is 0.173. The molecular weight excluding hydrogens is 246 g/mol. The Hall–Kier alpha value is -2.06. The van der Waals surface area contributed by atoms with Gasteiger partial charge < -0.3 is 5.11 Å². The molecule has 0 atom stereocenters. The Morgan fingerprint density at radius 2 is 1.94 bits per heavy atom. The van der Waals surface area contributed by atoms with E-state index in [1.54, 1.807) is 18.2 Å². The third-order valence-electron chi connectivity index (χ3n) is 2.61. The first-order chi connectivity index (χ1) is 8.63. The van der Waals surface area contributed by atoms with E-state index in [2.05, 4.69) is 16.3 Å². The second-order valence-electron chi connectivity index (χ2n) is 3.77. The number of rotatable bonds is 2. The fourth-order valence-electron chi connectivity index (χ4n) is 1.44. The van der Waals surface area contributed by atoms with Crippen LogP contribution in [0.25, 0.3) is 0 Å². The molecule has 0 fully saturated rings. The fourth-order valence-corrected chi connectivity index (χ4v) is 2.35. The summed E-state index contributed by atoms with van der Waals surface area (Å²) in [5.74, 6) is 0.173. The van der Waals surface area contributed by atoms with Gasteiger partial charge in [0.2, 0.25) is 0 Å². The molecule has 1 N–H and O–H groups in total. The maximum Gasteiger partial charge on any atom is 0.142 e. The molecule has 0 aliphatic carbocycles. The SMILES string of the molecule is Cc1nnc(Sc2ccccc2O)c(C#N)c1C. The number of nitrogens with zero attached hydrogens (tertiary/aromatic N) is 3. The molecular formula is C13H11N3OS. The highest BCUT2D eigenvalue weighted by Gasteiger charge is 2.13. The number of para-hydroxylation sites is 1. The van der Waals surface area contributed by atoms with E-state index in [9.17, 15) is 10.4 Å². The van der Waals surface area contributed by atoms with E-state index in [-0.39, 0.29) is 5.75 Å². The molecule has 1 aromatic carbocycles. The Kier molecular flexibility index (Phi) is 3.49. The normalized spacial score (nSPS) is 10.1. The van der Waals surface area contributed by atoms with Crippen molar-refractivity contribution in [3.05, 3.63) is 41.1 Å². The summed E-state index contributed by atoms with van der Waals surface area (Å²) >= 11 is 1.24. The number of hydrogen-bond acceptors (Lipinski definition) is 5. The van der Waals surface area contributed by atoms with Crippen LogP contribution in [-0.4, -0.2) is 15.3 Å². The highest BCUT2D eigenvalue weighted by molar-refractivity contribution is 7.99. The Morgan fingerprint density at radius 3 is 2.61 bits per heavy atom. The highest BCUT2D eigenvalue weighted by atomic mass is 32.2. The van der Waals surface area contributed by atoms with Crippen molar-refractivity contribution in [2.45, 2.75) is 23.8 Å². The number of hydrogen-bond donors (Lipinski definition) is 1. The average molecular weight is 257 g/mol. The van der Waals surface area contributed by atoms with Gasteiger partial charge in [0.25, 0.3) is 0 Å². The average Bonchev–Trinajstić information content (AvgIpc) is 2.37. The number of nitriles is 1. The molecule has 0 aliphatic heterocycles. The Morgan fingerprint density at radius 1 is 1.22 bits per heavy atom. The van der Waals surface area contributed by atoms with Gasteiger partial charge in [0, 0.05) is 0 Å². The van der Waals surface area contributed by atoms with Crippen LogP contribution < -0.4 is 0 Å². The second-order valence-corrected chi connectivity index (χ2v) is 4.80. The fraction of sp³-hybridized carbons (Fsp3) is 0.154. The Bertz CT molecular complexity index is 635. The van der Waals surface area contributed by atoms with E-state index in [0.29, 0.717) is 15.5 Å². The van der Waals surface area contributed by atoms with Gasteiger partial charge in [0.05, 0.1) is 16.2 Å². The summed E-state index contributed by atoms with van der Waals surface area (Å²) in [6.45, 7) is 3.66. The van der Waals surface area contributed by atoms with Crippen LogP contribution in [0.5, 0.6) is 5.75 Å². The molecule has 18 heavy (non-hydrogen) atoms. The number of phenols is 1.